The molecule has 0 aliphatic heterocycles. The van der Waals surface area contributed by atoms with Gasteiger partial charge in [0.15, 0.2) is 0 Å². The molecule has 0 radical (unpaired) electrons. The summed E-state index contributed by atoms with van der Waals surface area (Å²) in [6, 6.07) is 4.92. The normalized spacial score (nSPS) is 11.5. The number of benzene rings is 1. The van der Waals surface area contributed by atoms with Gasteiger partial charge in [-0.25, -0.2) is 4.39 Å². The summed E-state index contributed by atoms with van der Waals surface area (Å²) >= 11 is 0. The molecule has 0 aliphatic carbocycles. The van der Waals surface area contributed by atoms with Crippen LogP contribution in [0.25, 0.3) is 0 Å². The fourth-order valence-electron chi connectivity index (χ4n) is 1.44. The van der Waals surface area contributed by atoms with Crippen molar-refractivity contribution in [3.63, 3.8) is 0 Å². The molecule has 0 fully saturated rings. The second-order valence-corrected chi connectivity index (χ2v) is 4.34. The van der Waals surface area contributed by atoms with E-state index < -0.39 is 5.41 Å². The van der Waals surface area contributed by atoms with Gasteiger partial charge >= 0.3 is 0 Å². The fourth-order valence-corrected chi connectivity index (χ4v) is 1.44. The predicted octanol–water partition coefficient (Wildman–Crippen LogP) is 3.25. The molecule has 0 saturated carbocycles. The van der Waals surface area contributed by atoms with Crippen molar-refractivity contribution in [1.82, 2.24) is 0 Å². The minimum absolute atomic E-state index is 0.0937. The Morgan fingerprint density at radius 1 is 1.40 bits per heavy atom. The van der Waals surface area contributed by atoms with Gasteiger partial charge in [0.1, 0.15) is 11.6 Å². The van der Waals surface area contributed by atoms with Gasteiger partial charge in [0.05, 0.1) is 0 Å². The fraction of sp³-hybridized carbons (Fsp3) is 0.462. The van der Waals surface area contributed by atoms with Crippen LogP contribution in [0.5, 0.6) is 0 Å². The first-order valence-electron chi connectivity index (χ1n) is 5.19. The van der Waals surface area contributed by atoms with Gasteiger partial charge in [0.2, 0.25) is 0 Å². The van der Waals surface area contributed by atoms with Crippen LogP contribution in [0.2, 0.25) is 0 Å². The van der Waals surface area contributed by atoms with Crippen LogP contribution < -0.4 is 0 Å². The Morgan fingerprint density at radius 3 is 2.47 bits per heavy atom. The molecule has 0 spiro atoms. The summed E-state index contributed by atoms with van der Waals surface area (Å²) in [5.41, 5.74) is 1.02. The third kappa shape index (κ3) is 2.25. The van der Waals surface area contributed by atoms with Crippen molar-refractivity contribution < 1.29 is 9.18 Å². The highest BCUT2D eigenvalue weighted by Gasteiger charge is 2.26. The molecule has 0 unspecified atom stereocenters. The maximum Gasteiger partial charge on any atom is 0.139 e. The molecule has 0 amide bonds. The molecule has 0 aromatic heterocycles. The van der Waals surface area contributed by atoms with Gasteiger partial charge in [-0.15, -0.1) is 0 Å². The highest BCUT2D eigenvalue weighted by atomic mass is 19.1. The number of ketones is 1. The van der Waals surface area contributed by atoms with Crippen molar-refractivity contribution in [3.8, 4) is 0 Å². The van der Waals surface area contributed by atoms with Crippen LogP contribution in [0.3, 0.4) is 0 Å². The number of hydrogen-bond donors (Lipinski definition) is 0. The highest BCUT2D eigenvalue weighted by molar-refractivity contribution is 5.87. The minimum atomic E-state index is -0.530. The average molecular weight is 208 g/mol. The predicted molar refractivity (Wildman–Crippen MR) is 59.5 cm³/mol. The summed E-state index contributed by atoms with van der Waals surface area (Å²) in [5, 5.41) is 0. The van der Waals surface area contributed by atoms with E-state index in [2.05, 4.69) is 0 Å². The summed E-state index contributed by atoms with van der Waals surface area (Å²) in [5.74, 6) is -0.100. The van der Waals surface area contributed by atoms with Crippen LogP contribution in [0.1, 0.15) is 38.8 Å². The number of aryl methyl sites for hydroxylation is 1. The summed E-state index contributed by atoms with van der Waals surface area (Å²) in [7, 11) is 0. The number of hydrogen-bond acceptors (Lipinski definition) is 1. The van der Waals surface area contributed by atoms with E-state index in [9.17, 15) is 9.18 Å². The second kappa shape index (κ2) is 4.13. The van der Waals surface area contributed by atoms with Crippen molar-refractivity contribution in [1.29, 1.82) is 0 Å². The maximum atomic E-state index is 13.3. The molecule has 82 valence electrons. The largest absolute Gasteiger partial charge is 0.299 e. The standard InChI is InChI=1S/C13H17FO/c1-5-10-8-11(6-7-12(10)14)13(3,4)9(2)15/h6-8H,5H2,1-4H3. The third-order valence-electron chi connectivity index (χ3n) is 3.03. The number of halogens is 1. The SMILES string of the molecule is CCc1cc(C(C)(C)C(C)=O)ccc1F. The maximum absolute atomic E-state index is 13.3. The molecular weight excluding hydrogens is 191 g/mol. The van der Waals surface area contributed by atoms with E-state index in [0.717, 1.165) is 5.56 Å². The first-order chi connectivity index (χ1) is 6.89. The van der Waals surface area contributed by atoms with Gasteiger partial charge in [0.25, 0.3) is 0 Å². The summed E-state index contributed by atoms with van der Waals surface area (Å²) in [6.07, 6.45) is 0.646. The van der Waals surface area contributed by atoms with Crippen molar-refractivity contribution in [2.45, 2.75) is 39.5 Å². The molecule has 2 heteroatoms. The molecular formula is C13H17FO. The number of rotatable bonds is 3. The zero-order chi connectivity index (χ0) is 11.6. The molecule has 0 saturated heterocycles. The molecule has 0 heterocycles. The van der Waals surface area contributed by atoms with Crippen molar-refractivity contribution >= 4 is 5.78 Å². The zero-order valence-electron chi connectivity index (χ0n) is 9.73. The lowest BCUT2D eigenvalue weighted by Crippen LogP contribution is -2.26. The Hall–Kier alpha value is -1.18. The molecule has 0 bridgehead atoms. The van der Waals surface area contributed by atoms with Crippen molar-refractivity contribution in [2.75, 3.05) is 0 Å². The zero-order valence-corrected chi connectivity index (χ0v) is 9.73. The molecule has 15 heavy (non-hydrogen) atoms. The van der Waals surface area contributed by atoms with Crippen molar-refractivity contribution in [3.05, 3.63) is 35.1 Å². The third-order valence-corrected chi connectivity index (χ3v) is 3.03. The van der Waals surface area contributed by atoms with Crippen molar-refractivity contribution in [2.24, 2.45) is 0 Å². The number of carbonyl (C=O) groups is 1. The lowest BCUT2D eigenvalue weighted by molar-refractivity contribution is -0.121. The first-order valence-corrected chi connectivity index (χ1v) is 5.19. The summed E-state index contributed by atoms with van der Waals surface area (Å²) < 4.78 is 13.3. The molecule has 1 nitrogen and oxygen atoms in total. The number of Topliss-reactive ketones (excluding diaryl/α,β-unsaturated/α-hetero) is 1. The van der Waals surface area contributed by atoms with Crippen LogP contribution in [0.4, 0.5) is 4.39 Å². The van der Waals surface area contributed by atoms with Crippen LogP contribution in [0, 0.1) is 5.82 Å². The van der Waals surface area contributed by atoms with Crippen LogP contribution in [-0.2, 0) is 16.6 Å². The number of carbonyl (C=O) groups excluding carboxylic acids is 1. The van der Waals surface area contributed by atoms with Gasteiger partial charge in [0, 0.05) is 5.41 Å². The average Bonchev–Trinajstić information content (AvgIpc) is 2.18. The lowest BCUT2D eigenvalue weighted by Gasteiger charge is -2.22. The van der Waals surface area contributed by atoms with E-state index in [4.69, 9.17) is 0 Å². The summed E-state index contributed by atoms with van der Waals surface area (Å²) in [4.78, 5) is 11.5. The van der Waals surface area contributed by atoms with Crippen LogP contribution in [0.15, 0.2) is 18.2 Å². The lowest BCUT2D eigenvalue weighted by atomic mass is 9.80. The highest BCUT2D eigenvalue weighted by Crippen LogP contribution is 2.26. The van der Waals surface area contributed by atoms with Gasteiger partial charge in [-0.2, -0.15) is 0 Å². The van der Waals surface area contributed by atoms with Crippen LogP contribution in [-0.4, -0.2) is 5.78 Å². The molecule has 0 aliphatic rings. The monoisotopic (exact) mass is 208 g/mol. The molecule has 0 N–H and O–H groups in total. The van der Waals surface area contributed by atoms with E-state index in [0.29, 0.717) is 12.0 Å². The summed E-state index contributed by atoms with van der Waals surface area (Å²) in [6.45, 7) is 7.20. The second-order valence-electron chi connectivity index (χ2n) is 4.34. The molecule has 0 atom stereocenters. The minimum Gasteiger partial charge on any atom is -0.299 e. The first kappa shape index (κ1) is 11.9. The van der Waals surface area contributed by atoms with E-state index in [1.807, 2.05) is 20.8 Å². The van der Waals surface area contributed by atoms with Gasteiger partial charge in [-0.05, 0) is 44.4 Å². The van der Waals surface area contributed by atoms with Crippen LogP contribution >= 0.6 is 0 Å². The Bertz CT molecular complexity index is 380. The molecule has 1 rings (SSSR count). The Kier molecular flexibility index (Phi) is 3.28. The molecule has 1 aromatic rings. The quantitative estimate of drug-likeness (QED) is 0.745. The smallest absolute Gasteiger partial charge is 0.139 e. The van der Waals surface area contributed by atoms with E-state index in [1.54, 1.807) is 19.1 Å². The Labute approximate surface area is 90.3 Å². The van der Waals surface area contributed by atoms with E-state index in [1.165, 1.54) is 6.07 Å². The van der Waals surface area contributed by atoms with Gasteiger partial charge in [-0.1, -0.05) is 19.1 Å². The van der Waals surface area contributed by atoms with E-state index in [-0.39, 0.29) is 11.6 Å². The van der Waals surface area contributed by atoms with Gasteiger partial charge < -0.3 is 0 Å². The molecule has 1 aromatic carbocycles. The van der Waals surface area contributed by atoms with Gasteiger partial charge in [-0.3, -0.25) is 4.79 Å². The Morgan fingerprint density at radius 2 is 2.00 bits per heavy atom. The topological polar surface area (TPSA) is 17.1 Å². The van der Waals surface area contributed by atoms with E-state index >= 15 is 0 Å². The Balaban J connectivity index is 3.22.